The zero-order chi connectivity index (χ0) is 31.1. The van der Waals surface area contributed by atoms with Crippen molar-refractivity contribution in [1.82, 2.24) is 19.5 Å². The maximum absolute atomic E-state index is 10.3. The Morgan fingerprint density at radius 1 is 0.600 bits per heavy atom. The van der Waals surface area contributed by atoms with Gasteiger partial charge in [0.15, 0.2) is 17.2 Å². The summed E-state index contributed by atoms with van der Waals surface area (Å²) < 4.78 is 2.12. The first-order chi connectivity index (χ1) is 21.9. The molecule has 0 radical (unpaired) electrons. The molecule has 0 fully saturated rings. The van der Waals surface area contributed by atoms with Crippen LogP contribution in [0.1, 0.15) is 17.2 Å². The highest BCUT2D eigenvalue weighted by Crippen LogP contribution is 2.39. The van der Waals surface area contributed by atoms with Gasteiger partial charge in [-0.05, 0) is 78.6 Å². The normalized spacial score (nSPS) is 10.8. The van der Waals surface area contributed by atoms with Gasteiger partial charge in [0.05, 0.1) is 35.4 Å². The van der Waals surface area contributed by atoms with Gasteiger partial charge in [-0.3, -0.25) is 0 Å². The van der Waals surface area contributed by atoms with Crippen molar-refractivity contribution in [1.29, 1.82) is 5.26 Å². The molecule has 2 aromatic heterocycles. The zero-order valence-corrected chi connectivity index (χ0v) is 24.4. The number of nitriles is 1. The van der Waals surface area contributed by atoms with E-state index >= 15 is 0 Å². The minimum Gasteiger partial charge on any atom is -0.308 e. The summed E-state index contributed by atoms with van der Waals surface area (Å²) >= 11 is 0. The molecule has 0 saturated carbocycles. The maximum atomic E-state index is 10.3. The molecule has 0 amide bonds. The van der Waals surface area contributed by atoms with Gasteiger partial charge in [-0.1, -0.05) is 60.7 Å². The van der Waals surface area contributed by atoms with Gasteiger partial charge in [0.25, 0.3) is 0 Å². The van der Waals surface area contributed by atoms with Crippen molar-refractivity contribution in [3.63, 3.8) is 0 Å². The van der Waals surface area contributed by atoms with Crippen LogP contribution in [0.4, 0.5) is 11.4 Å². The Bertz CT molecular complexity index is 2310. The first-order valence-electron chi connectivity index (χ1n) is 14.2. The van der Waals surface area contributed by atoms with E-state index in [9.17, 15) is 5.26 Å². The number of aryl methyl sites for hydroxylation is 2. The molecule has 45 heavy (non-hydrogen) atoms. The van der Waals surface area contributed by atoms with Gasteiger partial charge in [0, 0.05) is 16.3 Å². The standard InChI is InChI=1S/C38H23N7/c1-23-42-24(2)44-38(43-23)29-11-12-30(22-39)35(21-29)45-36-19-27(25-7-5-9-31(17-25)40-3)13-15-33(36)34-16-14-28(20-37(34)45)26-8-6-10-32(18-26)41-4/h5-21H,1-2H3. The lowest BCUT2D eigenvalue weighted by Crippen LogP contribution is -2.02. The van der Waals surface area contributed by atoms with Gasteiger partial charge in [0.1, 0.15) is 17.7 Å². The molecular weight excluding hydrogens is 554 g/mol. The third kappa shape index (κ3) is 4.83. The van der Waals surface area contributed by atoms with Crippen LogP contribution in [0.3, 0.4) is 0 Å². The SMILES string of the molecule is [C-]#[N+]c1cccc(-c2ccc3c4ccc(-c5cccc([N+]#[C-])c5)cc4n(-c4cc(-c5nc(C)nc(C)n5)ccc4C#N)c3c2)c1. The molecule has 0 N–H and O–H groups in total. The van der Waals surface area contributed by atoms with Crippen LogP contribution in [-0.2, 0) is 0 Å². The van der Waals surface area contributed by atoms with Gasteiger partial charge in [-0.15, -0.1) is 0 Å². The summed E-state index contributed by atoms with van der Waals surface area (Å²) in [5.74, 6) is 1.79. The van der Waals surface area contributed by atoms with Crippen molar-refractivity contribution in [3.8, 4) is 45.4 Å². The topological polar surface area (TPSA) is 76.1 Å². The molecule has 0 unspecified atom stereocenters. The van der Waals surface area contributed by atoms with E-state index in [0.717, 1.165) is 49.6 Å². The molecule has 0 aliphatic heterocycles. The number of hydrogen-bond donors (Lipinski definition) is 0. The fraction of sp³-hybridized carbons (Fsp3) is 0.0526. The first kappa shape index (κ1) is 27.2. The zero-order valence-electron chi connectivity index (χ0n) is 24.4. The minimum atomic E-state index is 0.501. The van der Waals surface area contributed by atoms with Crippen molar-refractivity contribution >= 4 is 33.2 Å². The summed E-state index contributed by atoms with van der Waals surface area (Å²) in [4.78, 5) is 20.7. The smallest absolute Gasteiger partial charge is 0.187 e. The molecule has 2 heterocycles. The van der Waals surface area contributed by atoms with Gasteiger partial charge >= 0.3 is 0 Å². The quantitative estimate of drug-likeness (QED) is 0.195. The van der Waals surface area contributed by atoms with Crippen molar-refractivity contribution in [3.05, 3.63) is 143 Å². The average molecular weight is 578 g/mol. The number of benzene rings is 5. The molecule has 0 saturated heterocycles. The van der Waals surface area contributed by atoms with Crippen LogP contribution < -0.4 is 0 Å². The Hall–Kier alpha value is -6.62. The summed E-state index contributed by atoms with van der Waals surface area (Å²) in [7, 11) is 0. The van der Waals surface area contributed by atoms with E-state index in [1.807, 2.05) is 68.4 Å². The maximum Gasteiger partial charge on any atom is 0.187 e. The fourth-order valence-corrected chi connectivity index (χ4v) is 5.84. The first-order valence-corrected chi connectivity index (χ1v) is 14.2. The summed E-state index contributed by atoms with van der Waals surface area (Å²) in [5.41, 5.74) is 8.73. The molecular formula is C38H23N7. The molecule has 210 valence electrons. The largest absolute Gasteiger partial charge is 0.308 e. The van der Waals surface area contributed by atoms with Gasteiger partial charge in [0.2, 0.25) is 0 Å². The van der Waals surface area contributed by atoms with E-state index in [0.29, 0.717) is 40.1 Å². The molecule has 0 aliphatic carbocycles. The molecule has 7 heteroatoms. The second-order valence-electron chi connectivity index (χ2n) is 10.7. The third-order valence-electron chi connectivity index (χ3n) is 7.86. The van der Waals surface area contributed by atoms with Crippen molar-refractivity contribution < 1.29 is 0 Å². The highest BCUT2D eigenvalue weighted by atomic mass is 15.0. The molecule has 7 rings (SSSR count). The van der Waals surface area contributed by atoms with Crippen LogP contribution >= 0.6 is 0 Å². The monoisotopic (exact) mass is 577 g/mol. The lowest BCUT2D eigenvalue weighted by Gasteiger charge is -2.13. The summed E-state index contributed by atoms with van der Waals surface area (Å²) in [6, 6.07) is 35.7. The number of fused-ring (bicyclic) bond motifs is 3. The Kier molecular flexibility index (Phi) is 6.59. The van der Waals surface area contributed by atoms with Gasteiger partial charge in [-0.25, -0.2) is 24.6 Å². The van der Waals surface area contributed by atoms with Crippen LogP contribution in [0.15, 0.2) is 103 Å². The second-order valence-corrected chi connectivity index (χ2v) is 10.7. The number of aromatic nitrogens is 4. The van der Waals surface area contributed by atoms with Crippen molar-refractivity contribution in [2.45, 2.75) is 13.8 Å². The molecule has 7 aromatic rings. The average Bonchev–Trinajstić information content (AvgIpc) is 3.40. The minimum absolute atomic E-state index is 0.501. The van der Waals surface area contributed by atoms with Crippen LogP contribution in [0.25, 0.3) is 70.8 Å². The van der Waals surface area contributed by atoms with E-state index in [-0.39, 0.29) is 0 Å². The van der Waals surface area contributed by atoms with Gasteiger partial charge < -0.3 is 4.57 Å². The summed E-state index contributed by atoms with van der Waals surface area (Å²) in [5, 5.41) is 12.4. The number of nitrogens with zero attached hydrogens (tertiary/aromatic N) is 7. The fourth-order valence-electron chi connectivity index (χ4n) is 5.84. The Morgan fingerprint density at radius 3 is 1.62 bits per heavy atom. The Balaban J connectivity index is 1.55. The van der Waals surface area contributed by atoms with E-state index < -0.39 is 0 Å². The predicted octanol–water partition coefficient (Wildman–Crippen LogP) is 9.56. The van der Waals surface area contributed by atoms with Crippen molar-refractivity contribution in [2.24, 2.45) is 0 Å². The lowest BCUT2D eigenvalue weighted by atomic mass is 10.0. The van der Waals surface area contributed by atoms with Crippen molar-refractivity contribution in [2.75, 3.05) is 0 Å². The molecule has 5 aromatic carbocycles. The Morgan fingerprint density at radius 2 is 1.11 bits per heavy atom. The highest BCUT2D eigenvalue weighted by molar-refractivity contribution is 6.11. The third-order valence-corrected chi connectivity index (χ3v) is 7.86. The molecule has 7 nitrogen and oxygen atoms in total. The number of hydrogen-bond acceptors (Lipinski definition) is 4. The molecule has 0 atom stereocenters. The van der Waals surface area contributed by atoms with E-state index in [2.05, 4.69) is 71.7 Å². The molecule has 0 aliphatic rings. The van der Waals surface area contributed by atoms with E-state index in [1.165, 1.54) is 0 Å². The highest BCUT2D eigenvalue weighted by Gasteiger charge is 2.18. The Labute approximate surface area is 260 Å². The van der Waals surface area contributed by atoms with E-state index in [1.54, 1.807) is 12.1 Å². The number of rotatable bonds is 4. The van der Waals surface area contributed by atoms with Crippen LogP contribution in [0.2, 0.25) is 0 Å². The lowest BCUT2D eigenvalue weighted by molar-refractivity contribution is 0.928. The van der Waals surface area contributed by atoms with E-state index in [4.69, 9.17) is 13.1 Å². The molecule has 0 spiro atoms. The summed E-state index contributed by atoms with van der Waals surface area (Å²) in [6.07, 6.45) is 0. The summed E-state index contributed by atoms with van der Waals surface area (Å²) in [6.45, 7) is 18.7. The second kappa shape index (κ2) is 10.9. The van der Waals surface area contributed by atoms with Crippen LogP contribution in [-0.4, -0.2) is 19.5 Å². The molecule has 0 bridgehead atoms. The van der Waals surface area contributed by atoms with Gasteiger partial charge in [-0.2, -0.15) is 5.26 Å². The van der Waals surface area contributed by atoms with Crippen LogP contribution in [0, 0.1) is 38.3 Å². The predicted molar refractivity (Wildman–Crippen MR) is 177 cm³/mol. The van der Waals surface area contributed by atoms with Crippen LogP contribution in [0.5, 0.6) is 0 Å².